The minimum absolute atomic E-state index is 0. The summed E-state index contributed by atoms with van der Waals surface area (Å²) in [5.74, 6) is 1.05. The Bertz CT molecular complexity index is 225. The molecule has 2 saturated heterocycles. The van der Waals surface area contributed by atoms with Gasteiger partial charge in [-0.3, -0.25) is 4.79 Å². The third-order valence-corrected chi connectivity index (χ3v) is 3.36. The molecule has 0 aromatic heterocycles. The van der Waals surface area contributed by atoms with Crippen molar-refractivity contribution in [2.24, 2.45) is 5.92 Å². The minimum atomic E-state index is 0. The maximum absolute atomic E-state index is 11.6. The Hall–Kier alpha value is -0.320. The lowest BCUT2D eigenvalue weighted by molar-refractivity contribution is -0.131. The Morgan fingerprint density at radius 2 is 2.33 bits per heavy atom. The van der Waals surface area contributed by atoms with E-state index in [1.54, 1.807) is 0 Å². The van der Waals surface area contributed by atoms with Gasteiger partial charge in [0.2, 0.25) is 5.91 Å². The molecule has 0 bridgehead atoms. The number of likely N-dealkylation sites (N-methyl/N-ethyl adjacent to an activating group) is 1. The summed E-state index contributed by atoms with van der Waals surface area (Å²) in [6.07, 6.45) is 2.46. The van der Waals surface area contributed by atoms with E-state index >= 15 is 0 Å². The summed E-state index contributed by atoms with van der Waals surface area (Å²) >= 11 is 0. The van der Waals surface area contributed by atoms with Crippen molar-refractivity contribution in [2.75, 3.05) is 33.2 Å². The number of carbonyl (C=O) groups is 1. The van der Waals surface area contributed by atoms with Gasteiger partial charge >= 0.3 is 0 Å². The molecule has 0 radical (unpaired) electrons. The van der Waals surface area contributed by atoms with Gasteiger partial charge in [0.1, 0.15) is 0 Å². The molecule has 0 aromatic rings. The van der Waals surface area contributed by atoms with E-state index in [-0.39, 0.29) is 18.3 Å². The molecule has 0 saturated carbocycles. The van der Waals surface area contributed by atoms with E-state index in [9.17, 15) is 4.79 Å². The van der Waals surface area contributed by atoms with E-state index in [4.69, 9.17) is 0 Å². The normalized spacial score (nSPS) is 29.5. The van der Waals surface area contributed by atoms with Crippen LogP contribution in [0, 0.1) is 5.92 Å². The van der Waals surface area contributed by atoms with Gasteiger partial charge in [-0.15, -0.1) is 12.4 Å². The van der Waals surface area contributed by atoms with Crippen molar-refractivity contribution < 1.29 is 4.79 Å². The monoisotopic (exact) mass is 233 g/mol. The van der Waals surface area contributed by atoms with Gasteiger partial charge in [-0.2, -0.15) is 0 Å². The molecule has 2 rings (SSSR count). The Morgan fingerprint density at radius 1 is 1.53 bits per heavy atom. The molecular weight excluding hydrogens is 214 g/mol. The third-order valence-electron chi connectivity index (χ3n) is 3.36. The van der Waals surface area contributed by atoms with Crippen molar-refractivity contribution in [1.82, 2.24) is 15.5 Å². The first-order valence-electron chi connectivity index (χ1n) is 5.47. The van der Waals surface area contributed by atoms with Crippen LogP contribution in [0.15, 0.2) is 0 Å². The van der Waals surface area contributed by atoms with Crippen LogP contribution < -0.4 is 10.6 Å². The van der Waals surface area contributed by atoms with Gasteiger partial charge in [0, 0.05) is 19.1 Å². The molecule has 88 valence electrons. The largest absolute Gasteiger partial charge is 0.340 e. The molecule has 0 aliphatic carbocycles. The van der Waals surface area contributed by atoms with Crippen LogP contribution in [0.3, 0.4) is 0 Å². The number of likely N-dealkylation sites (tertiary alicyclic amines) is 1. The summed E-state index contributed by atoms with van der Waals surface area (Å²) < 4.78 is 0. The maximum atomic E-state index is 11.6. The Kier molecular flexibility index (Phi) is 4.83. The number of piperidine rings is 1. The van der Waals surface area contributed by atoms with Crippen molar-refractivity contribution in [3.63, 3.8) is 0 Å². The lowest BCUT2D eigenvalue weighted by atomic mass is 9.92. The van der Waals surface area contributed by atoms with Gasteiger partial charge < -0.3 is 15.5 Å². The molecule has 2 aliphatic rings. The molecule has 2 unspecified atom stereocenters. The summed E-state index contributed by atoms with van der Waals surface area (Å²) in [7, 11) is 1.82. The van der Waals surface area contributed by atoms with Crippen molar-refractivity contribution in [1.29, 1.82) is 0 Å². The highest BCUT2D eigenvalue weighted by molar-refractivity contribution is 5.85. The topological polar surface area (TPSA) is 44.4 Å². The lowest BCUT2D eigenvalue weighted by Crippen LogP contribution is -2.50. The van der Waals surface area contributed by atoms with Gasteiger partial charge in [0.05, 0.1) is 6.54 Å². The predicted molar refractivity (Wildman–Crippen MR) is 62.3 cm³/mol. The smallest absolute Gasteiger partial charge is 0.236 e. The summed E-state index contributed by atoms with van der Waals surface area (Å²) in [6.45, 7) is 3.45. The van der Waals surface area contributed by atoms with E-state index in [0.717, 1.165) is 25.6 Å². The summed E-state index contributed by atoms with van der Waals surface area (Å²) in [4.78, 5) is 13.6. The van der Waals surface area contributed by atoms with Gasteiger partial charge in [-0.25, -0.2) is 0 Å². The molecule has 2 atom stereocenters. The van der Waals surface area contributed by atoms with Gasteiger partial charge in [-0.1, -0.05) is 0 Å². The molecule has 2 fully saturated rings. The van der Waals surface area contributed by atoms with Crippen LogP contribution in [0.1, 0.15) is 12.8 Å². The number of carbonyl (C=O) groups excluding carboxylic acids is 1. The number of fused-ring (bicyclic) bond motifs is 1. The second kappa shape index (κ2) is 5.68. The van der Waals surface area contributed by atoms with Crippen LogP contribution in [0.25, 0.3) is 0 Å². The molecular formula is C10H20ClN3O. The van der Waals surface area contributed by atoms with Crippen molar-refractivity contribution in [3.8, 4) is 0 Å². The van der Waals surface area contributed by atoms with Crippen molar-refractivity contribution >= 4 is 18.3 Å². The van der Waals surface area contributed by atoms with E-state index < -0.39 is 0 Å². The highest BCUT2D eigenvalue weighted by atomic mass is 35.5. The minimum Gasteiger partial charge on any atom is -0.340 e. The average molecular weight is 234 g/mol. The van der Waals surface area contributed by atoms with Crippen LogP contribution >= 0.6 is 12.4 Å². The molecule has 0 aromatic carbocycles. The number of hydrogen-bond donors (Lipinski definition) is 2. The van der Waals surface area contributed by atoms with E-state index in [0.29, 0.717) is 12.6 Å². The Balaban J connectivity index is 0.00000112. The quantitative estimate of drug-likeness (QED) is 0.697. The standard InChI is InChI=1S/C10H19N3O.ClH/c1-11-6-10(14)13-5-3-8-2-4-12-9(8)7-13;/h8-9,11-12H,2-7H2,1H3;1H. The number of rotatable bonds is 2. The van der Waals surface area contributed by atoms with Crippen LogP contribution in [-0.4, -0.2) is 50.1 Å². The SMILES string of the molecule is CNCC(=O)N1CCC2CCNC2C1.Cl. The van der Waals surface area contributed by atoms with Gasteiger partial charge in [0.25, 0.3) is 0 Å². The first kappa shape index (κ1) is 12.7. The van der Waals surface area contributed by atoms with Crippen molar-refractivity contribution in [2.45, 2.75) is 18.9 Å². The van der Waals surface area contributed by atoms with Crippen molar-refractivity contribution in [3.05, 3.63) is 0 Å². The van der Waals surface area contributed by atoms with E-state index in [1.165, 1.54) is 12.8 Å². The second-order valence-corrected chi connectivity index (χ2v) is 4.27. The molecule has 2 heterocycles. The molecule has 4 nitrogen and oxygen atoms in total. The summed E-state index contributed by atoms with van der Waals surface area (Å²) in [5, 5.41) is 6.38. The zero-order valence-electron chi connectivity index (χ0n) is 9.16. The first-order valence-corrected chi connectivity index (χ1v) is 5.47. The zero-order chi connectivity index (χ0) is 9.97. The fourth-order valence-electron chi connectivity index (χ4n) is 2.52. The van der Waals surface area contributed by atoms with Crippen LogP contribution in [0.4, 0.5) is 0 Å². The predicted octanol–water partition coefficient (Wildman–Crippen LogP) is -0.162. The molecule has 2 aliphatic heterocycles. The lowest BCUT2D eigenvalue weighted by Gasteiger charge is -2.34. The highest BCUT2D eigenvalue weighted by Crippen LogP contribution is 2.24. The molecule has 15 heavy (non-hydrogen) atoms. The molecule has 5 heteroatoms. The van der Waals surface area contributed by atoms with E-state index in [1.807, 2.05) is 11.9 Å². The van der Waals surface area contributed by atoms with Gasteiger partial charge in [0.15, 0.2) is 0 Å². The Labute approximate surface area is 97.2 Å². The zero-order valence-corrected chi connectivity index (χ0v) is 9.98. The third kappa shape index (κ3) is 2.83. The number of amides is 1. The number of nitrogens with one attached hydrogen (secondary N) is 2. The van der Waals surface area contributed by atoms with E-state index in [2.05, 4.69) is 10.6 Å². The molecule has 0 spiro atoms. The number of nitrogens with zero attached hydrogens (tertiary/aromatic N) is 1. The second-order valence-electron chi connectivity index (χ2n) is 4.27. The average Bonchev–Trinajstić information content (AvgIpc) is 2.64. The molecule has 2 N–H and O–H groups in total. The summed E-state index contributed by atoms with van der Waals surface area (Å²) in [5.41, 5.74) is 0. The summed E-state index contributed by atoms with van der Waals surface area (Å²) in [6, 6.07) is 0.560. The molecule has 1 amide bonds. The van der Waals surface area contributed by atoms with Crippen LogP contribution in [0.5, 0.6) is 0 Å². The fraction of sp³-hybridized carbons (Fsp3) is 0.900. The van der Waals surface area contributed by atoms with Crippen LogP contribution in [-0.2, 0) is 4.79 Å². The Morgan fingerprint density at radius 3 is 3.07 bits per heavy atom. The first-order chi connectivity index (χ1) is 6.81. The van der Waals surface area contributed by atoms with Gasteiger partial charge in [-0.05, 0) is 32.4 Å². The maximum Gasteiger partial charge on any atom is 0.236 e. The fourth-order valence-corrected chi connectivity index (χ4v) is 2.52. The van der Waals surface area contributed by atoms with Crippen LogP contribution in [0.2, 0.25) is 0 Å². The number of halogens is 1. The highest BCUT2D eigenvalue weighted by Gasteiger charge is 2.33. The number of hydrogen-bond acceptors (Lipinski definition) is 3.